The molecule has 0 radical (unpaired) electrons. The molecule has 11 rings (SSSR count). The Morgan fingerprint density at radius 2 is 0.873 bits per heavy atom. The molecule has 9 aromatic carbocycles. The maximum atomic E-state index is 6.44. The molecule has 258 valence electrons. The summed E-state index contributed by atoms with van der Waals surface area (Å²) in [6.07, 6.45) is 0. The quantitative estimate of drug-likeness (QED) is 0.173. The first kappa shape index (κ1) is 31.2. The van der Waals surface area contributed by atoms with Crippen LogP contribution in [0.5, 0.6) is 0 Å². The van der Waals surface area contributed by atoms with Crippen LogP contribution in [0.4, 0.5) is 17.1 Å². The number of nitrogens with zero attached hydrogens (tertiary/aromatic N) is 1. The molecule has 2 aromatic heterocycles. The van der Waals surface area contributed by atoms with Crippen LogP contribution in [0.15, 0.2) is 209 Å². The van der Waals surface area contributed by atoms with Gasteiger partial charge in [0, 0.05) is 50.1 Å². The zero-order chi connectivity index (χ0) is 36.3. The van der Waals surface area contributed by atoms with Gasteiger partial charge in [0.25, 0.3) is 0 Å². The number of hydrogen-bond acceptors (Lipinski definition) is 3. The van der Waals surface area contributed by atoms with E-state index < -0.39 is 0 Å². The third-order valence-corrected chi connectivity index (χ3v) is 10.9. The Morgan fingerprint density at radius 3 is 1.73 bits per heavy atom. The van der Waals surface area contributed by atoms with Crippen LogP contribution >= 0.6 is 0 Å². The molecule has 11 aromatic rings. The fourth-order valence-corrected chi connectivity index (χ4v) is 8.29. The second-order valence-electron chi connectivity index (χ2n) is 14.1. The third-order valence-electron chi connectivity index (χ3n) is 10.9. The van der Waals surface area contributed by atoms with Crippen molar-refractivity contribution in [1.29, 1.82) is 0 Å². The van der Waals surface area contributed by atoms with E-state index in [0.717, 1.165) is 83.2 Å². The highest BCUT2D eigenvalue weighted by atomic mass is 16.3. The van der Waals surface area contributed by atoms with E-state index in [0.29, 0.717) is 0 Å². The molecule has 0 unspecified atom stereocenters. The molecule has 0 N–H and O–H groups in total. The Bertz CT molecular complexity index is 3220. The molecular weight excluding hydrogens is 671 g/mol. The second kappa shape index (κ2) is 12.6. The lowest BCUT2D eigenvalue weighted by atomic mass is 9.94. The number of anilines is 3. The molecule has 0 saturated heterocycles. The van der Waals surface area contributed by atoms with E-state index in [2.05, 4.69) is 181 Å². The molecule has 3 heteroatoms. The zero-order valence-corrected chi connectivity index (χ0v) is 29.8. The van der Waals surface area contributed by atoms with E-state index >= 15 is 0 Å². The van der Waals surface area contributed by atoms with Crippen molar-refractivity contribution < 1.29 is 8.83 Å². The molecule has 0 aliphatic heterocycles. The molecule has 0 atom stereocenters. The second-order valence-corrected chi connectivity index (χ2v) is 14.1. The van der Waals surface area contributed by atoms with Gasteiger partial charge in [0.05, 0.1) is 5.69 Å². The monoisotopic (exact) mass is 703 g/mol. The SMILES string of the molecule is c1cc(-c2ccccc2N(c2ccc(-c3cccc4c3oc3ccccc34)cc2)c2ccc3c(c2)oc2ccccc23)cc(-c2cccc3ccccc23)c1. The van der Waals surface area contributed by atoms with Crippen molar-refractivity contribution >= 4 is 71.7 Å². The first-order valence-corrected chi connectivity index (χ1v) is 18.7. The lowest BCUT2D eigenvalue weighted by Crippen LogP contribution is -2.11. The van der Waals surface area contributed by atoms with Gasteiger partial charge in [-0.25, -0.2) is 0 Å². The molecule has 0 spiro atoms. The van der Waals surface area contributed by atoms with Gasteiger partial charge in [-0.1, -0.05) is 146 Å². The van der Waals surface area contributed by atoms with E-state index in [1.807, 2.05) is 24.3 Å². The standard InChI is InChI=1S/C52H33NO2/c1-2-16-40-34(12-1)13-10-20-41(40)36-14-9-15-37(32-36)42-17-3-6-23-48(42)53(39-30-31-46-44-18-4-7-24-49(44)54-51(46)33-39)38-28-26-35(27-29-38)43-21-11-22-47-45-19-5-8-25-50(45)55-52(43)47/h1-33H. The number of para-hydroxylation sites is 4. The Kier molecular flexibility index (Phi) is 7.17. The average molecular weight is 704 g/mol. The Hall–Kier alpha value is -7.36. The molecule has 0 amide bonds. The summed E-state index contributed by atoms with van der Waals surface area (Å²) in [7, 11) is 0. The average Bonchev–Trinajstić information content (AvgIpc) is 3.82. The first-order valence-electron chi connectivity index (χ1n) is 18.7. The van der Waals surface area contributed by atoms with Gasteiger partial charge in [0.1, 0.15) is 22.3 Å². The van der Waals surface area contributed by atoms with E-state index in [4.69, 9.17) is 8.83 Å². The van der Waals surface area contributed by atoms with Gasteiger partial charge in [-0.15, -0.1) is 0 Å². The van der Waals surface area contributed by atoms with Gasteiger partial charge in [0.2, 0.25) is 0 Å². The Morgan fingerprint density at radius 1 is 0.309 bits per heavy atom. The largest absolute Gasteiger partial charge is 0.456 e. The van der Waals surface area contributed by atoms with Crippen molar-refractivity contribution in [3.05, 3.63) is 200 Å². The molecule has 0 saturated carbocycles. The minimum absolute atomic E-state index is 0.854. The predicted molar refractivity (Wildman–Crippen MR) is 229 cm³/mol. The van der Waals surface area contributed by atoms with E-state index in [1.165, 1.54) is 21.9 Å². The maximum absolute atomic E-state index is 6.44. The van der Waals surface area contributed by atoms with Gasteiger partial charge in [0.15, 0.2) is 0 Å². The van der Waals surface area contributed by atoms with Crippen LogP contribution in [0.25, 0.3) is 88.0 Å². The highest BCUT2D eigenvalue weighted by Crippen LogP contribution is 2.44. The van der Waals surface area contributed by atoms with Crippen LogP contribution < -0.4 is 4.90 Å². The molecule has 2 heterocycles. The fourth-order valence-electron chi connectivity index (χ4n) is 8.29. The van der Waals surface area contributed by atoms with Crippen LogP contribution in [0.1, 0.15) is 0 Å². The highest BCUT2D eigenvalue weighted by Gasteiger charge is 2.20. The smallest absolute Gasteiger partial charge is 0.143 e. The van der Waals surface area contributed by atoms with Crippen LogP contribution in [0.3, 0.4) is 0 Å². The molecular formula is C52H33NO2. The summed E-state index contributed by atoms with van der Waals surface area (Å²) in [5.74, 6) is 0. The van der Waals surface area contributed by atoms with Crippen molar-refractivity contribution in [2.24, 2.45) is 0 Å². The molecule has 0 aliphatic rings. The predicted octanol–water partition coefficient (Wildman–Crippen LogP) is 15.1. The van der Waals surface area contributed by atoms with Crippen LogP contribution in [-0.2, 0) is 0 Å². The summed E-state index contributed by atoms with van der Waals surface area (Å²) in [5.41, 5.74) is 13.5. The minimum atomic E-state index is 0.854. The fraction of sp³-hybridized carbons (Fsp3) is 0. The number of benzene rings is 9. The van der Waals surface area contributed by atoms with Gasteiger partial charge < -0.3 is 13.7 Å². The Balaban J connectivity index is 1.07. The van der Waals surface area contributed by atoms with Crippen molar-refractivity contribution in [1.82, 2.24) is 0 Å². The van der Waals surface area contributed by atoms with Gasteiger partial charge in [-0.05, 0) is 81.6 Å². The molecule has 0 bridgehead atoms. The summed E-state index contributed by atoms with van der Waals surface area (Å²) in [5, 5.41) is 6.95. The number of hydrogen-bond donors (Lipinski definition) is 0. The first-order chi connectivity index (χ1) is 27.3. The summed E-state index contributed by atoms with van der Waals surface area (Å²) in [6, 6.07) is 71.0. The number of fused-ring (bicyclic) bond motifs is 7. The van der Waals surface area contributed by atoms with Crippen LogP contribution in [-0.4, -0.2) is 0 Å². The van der Waals surface area contributed by atoms with Gasteiger partial charge >= 0.3 is 0 Å². The summed E-state index contributed by atoms with van der Waals surface area (Å²) < 4.78 is 12.9. The van der Waals surface area contributed by atoms with Crippen molar-refractivity contribution in [2.75, 3.05) is 4.90 Å². The highest BCUT2D eigenvalue weighted by molar-refractivity contribution is 6.10. The Labute approximate surface area is 317 Å². The van der Waals surface area contributed by atoms with Gasteiger partial charge in [-0.3, -0.25) is 0 Å². The minimum Gasteiger partial charge on any atom is -0.456 e. The lowest BCUT2D eigenvalue weighted by Gasteiger charge is -2.28. The van der Waals surface area contributed by atoms with Crippen molar-refractivity contribution in [3.8, 4) is 33.4 Å². The summed E-state index contributed by atoms with van der Waals surface area (Å²) >= 11 is 0. The zero-order valence-electron chi connectivity index (χ0n) is 29.8. The molecule has 55 heavy (non-hydrogen) atoms. The van der Waals surface area contributed by atoms with E-state index in [-0.39, 0.29) is 0 Å². The van der Waals surface area contributed by atoms with Crippen LogP contribution in [0.2, 0.25) is 0 Å². The molecule has 0 fully saturated rings. The maximum Gasteiger partial charge on any atom is 0.143 e. The van der Waals surface area contributed by atoms with Crippen LogP contribution in [0, 0.1) is 0 Å². The lowest BCUT2D eigenvalue weighted by molar-refractivity contribution is 0.669. The number of furan rings is 2. The van der Waals surface area contributed by atoms with E-state index in [9.17, 15) is 0 Å². The normalized spacial score (nSPS) is 11.6. The molecule has 0 aliphatic carbocycles. The summed E-state index contributed by atoms with van der Waals surface area (Å²) in [4.78, 5) is 2.35. The van der Waals surface area contributed by atoms with E-state index in [1.54, 1.807) is 0 Å². The van der Waals surface area contributed by atoms with Crippen molar-refractivity contribution in [2.45, 2.75) is 0 Å². The molecule has 3 nitrogen and oxygen atoms in total. The van der Waals surface area contributed by atoms with Gasteiger partial charge in [-0.2, -0.15) is 0 Å². The number of rotatable bonds is 6. The van der Waals surface area contributed by atoms with Crippen molar-refractivity contribution in [3.63, 3.8) is 0 Å². The topological polar surface area (TPSA) is 29.5 Å². The summed E-state index contributed by atoms with van der Waals surface area (Å²) in [6.45, 7) is 0. The third kappa shape index (κ3) is 5.20.